The Labute approximate surface area is 122 Å². The van der Waals surface area contributed by atoms with Crippen LogP contribution in [0.4, 0.5) is 0 Å². The van der Waals surface area contributed by atoms with Crippen LogP contribution in [0.1, 0.15) is 17.2 Å². The van der Waals surface area contributed by atoms with E-state index in [1.54, 1.807) is 0 Å². The molecule has 0 aliphatic carbocycles. The second kappa shape index (κ2) is 5.73. The number of rotatable bonds is 3. The molecule has 0 radical (unpaired) electrons. The average molecular weight is 291 g/mol. The molecule has 1 atom stereocenters. The molecule has 0 amide bonds. The molecule has 104 valence electrons. The molecule has 1 heterocycles. The van der Waals surface area contributed by atoms with Gasteiger partial charge in [0.2, 0.25) is 0 Å². The standard InChI is InChI=1S/C16H15ClO3/c17-13-4-2-1-3-11(13)9-14(18)12-5-6-15-16(10-12)20-8-7-19-15/h1-6,10,14,18H,7-9H2. The van der Waals surface area contributed by atoms with Gasteiger partial charge in [-0.2, -0.15) is 0 Å². The van der Waals surface area contributed by atoms with E-state index in [1.807, 2.05) is 42.5 Å². The van der Waals surface area contributed by atoms with Crippen LogP contribution in [0.15, 0.2) is 42.5 Å². The molecule has 0 saturated heterocycles. The normalized spacial score (nSPS) is 14.9. The predicted octanol–water partition coefficient (Wildman–Crippen LogP) is 3.39. The quantitative estimate of drug-likeness (QED) is 0.942. The molecular weight excluding hydrogens is 276 g/mol. The Morgan fingerprint density at radius 1 is 1.05 bits per heavy atom. The molecule has 0 saturated carbocycles. The lowest BCUT2D eigenvalue weighted by atomic mass is 10.0. The van der Waals surface area contributed by atoms with Crippen molar-refractivity contribution < 1.29 is 14.6 Å². The smallest absolute Gasteiger partial charge is 0.161 e. The monoisotopic (exact) mass is 290 g/mol. The summed E-state index contributed by atoms with van der Waals surface area (Å²) < 4.78 is 11.0. The number of aliphatic hydroxyl groups is 1. The van der Waals surface area contributed by atoms with Crippen LogP contribution in [0, 0.1) is 0 Å². The van der Waals surface area contributed by atoms with Gasteiger partial charge in [-0.15, -0.1) is 0 Å². The first kappa shape index (κ1) is 13.3. The fourth-order valence-electron chi connectivity index (χ4n) is 2.26. The Balaban J connectivity index is 1.80. The minimum atomic E-state index is -0.620. The molecule has 2 aromatic carbocycles. The Morgan fingerprint density at radius 3 is 2.60 bits per heavy atom. The average Bonchev–Trinajstić information content (AvgIpc) is 2.49. The molecular formula is C16H15ClO3. The minimum absolute atomic E-state index is 0.472. The topological polar surface area (TPSA) is 38.7 Å². The van der Waals surface area contributed by atoms with Gasteiger partial charge in [0.15, 0.2) is 11.5 Å². The fourth-order valence-corrected chi connectivity index (χ4v) is 2.47. The first-order chi connectivity index (χ1) is 9.74. The highest BCUT2D eigenvalue weighted by molar-refractivity contribution is 6.31. The summed E-state index contributed by atoms with van der Waals surface area (Å²) in [5.74, 6) is 1.41. The molecule has 4 heteroatoms. The van der Waals surface area contributed by atoms with Crippen LogP contribution < -0.4 is 9.47 Å². The van der Waals surface area contributed by atoms with Crippen LogP contribution in [-0.4, -0.2) is 18.3 Å². The van der Waals surface area contributed by atoms with Crippen molar-refractivity contribution in [2.75, 3.05) is 13.2 Å². The van der Waals surface area contributed by atoms with Crippen molar-refractivity contribution in [1.29, 1.82) is 0 Å². The van der Waals surface area contributed by atoms with Gasteiger partial charge in [-0.25, -0.2) is 0 Å². The van der Waals surface area contributed by atoms with Gasteiger partial charge in [-0.1, -0.05) is 35.9 Å². The maximum atomic E-state index is 10.3. The predicted molar refractivity (Wildman–Crippen MR) is 77.5 cm³/mol. The summed E-state index contributed by atoms with van der Waals surface area (Å²) >= 11 is 6.12. The SMILES string of the molecule is OC(Cc1ccccc1Cl)c1ccc2c(c1)OCCO2. The summed E-state index contributed by atoms with van der Waals surface area (Å²) in [6.45, 7) is 1.10. The highest BCUT2D eigenvalue weighted by Gasteiger charge is 2.16. The highest BCUT2D eigenvalue weighted by Crippen LogP contribution is 2.33. The van der Waals surface area contributed by atoms with Crippen molar-refractivity contribution in [2.45, 2.75) is 12.5 Å². The van der Waals surface area contributed by atoms with Crippen LogP contribution in [0.25, 0.3) is 0 Å². The first-order valence-electron chi connectivity index (χ1n) is 6.55. The molecule has 3 rings (SSSR count). The van der Waals surface area contributed by atoms with Crippen LogP contribution in [0.5, 0.6) is 11.5 Å². The van der Waals surface area contributed by atoms with Gasteiger partial charge >= 0.3 is 0 Å². The van der Waals surface area contributed by atoms with E-state index in [2.05, 4.69) is 0 Å². The molecule has 0 aromatic heterocycles. The lowest BCUT2D eigenvalue weighted by molar-refractivity contribution is 0.164. The largest absolute Gasteiger partial charge is 0.486 e. The van der Waals surface area contributed by atoms with E-state index < -0.39 is 6.10 Å². The van der Waals surface area contributed by atoms with Crippen molar-refractivity contribution in [2.24, 2.45) is 0 Å². The van der Waals surface area contributed by atoms with E-state index in [0.717, 1.165) is 16.9 Å². The fraction of sp³-hybridized carbons (Fsp3) is 0.250. The van der Waals surface area contributed by atoms with Crippen LogP contribution in [-0.2, 0) is 6.42 Å². The third-order valence-corrected chi connectivity index (χ3v) is 3.69. The number of halogens is 1. The molecule has 1 unspecified atom stereocenters. The lowest BCUT2D eigenvalue weighted by Gasteiger charge is -2.20. The van der Waals surface area contributed by atoms with Crippen molar-refractivity contribution in [3.63, 3.8) is 0 Å². The van der Waals surface area contributed by atoms with Crippen LogP contribution in [0.2, 0.25) is 5.02 Å². The van der Waals surface area contributed by atoms with E-state index in [9.17, 15) is 5.11 Å². The molecule has 1 N–H and O–H groups in total. The number of hydrogen-bond donors (Lipinski definition) is 1. The zero-order valence-electron chi connectivity index (χ0n) is 10.9. The number of aliphatic hydroxyl groups excluding tert-OH is 1. The van der Waals surface area contributed by atoms with E-state index in [0.29, 0.717) is 30.4 Å². The highest BCUT2D eigenvalue weighted by atomic mass is 35.5. The van der Waals surface area contributed by atoms with Crippen molar-refractivity contribution in [3.05, 3.63) is 58.6 Å². The van der Waals surface area contributed by atoms with Crippen molar-refractivity contribution in [1.82, 2.24) is 0 Å². The Kier molecular flexibility index (Phi) is 3.81. The second-order valence-corrected chi connectivity index (χ2v) is 5.12. The van der Waals surface area contributed by atoms with Gasteiger partial charge in [-0.05, 0) is 29.3 Å². The van der Waals surface area contributed by atoms with Gasteiger partial charge in [-0.3, -0.25) is 0 Å². The Bertz CT molecular complexity index is 612. The first-order valence-corrected chi connectivity index (χ1v) is 6.93. The zero-order valence-corrected chi connectivity index (χ0v) is 11.6. The number of fused-ring (bicyclic) bond motifs is 1. The molecule has 1 aliphatic rings. The zero-order chi connectivity index (χ0) is 13.9. The molecule has 2 aromatic rings. The van der Waals surface area contributed by atoms with E-state index in [1.165, 1.54) is 0 Å². The van der Waals surface area contributed by atoms with Gasteiger partial charge in [0.1, 0.15) is 13.2 Å². The molecule has 20 heavy (non-hydrogen) atoms. The molecule has 0 spiro atoms. The number of benzene rings is 2. The summed E-state index contributed by atoms with van der Waals surface area (Å²) in [6.07, 6.45) is -0.148. The number of hydrogen-bond acceptors (Lipinski definition) is 3. The summed E-state index contributed by atoms with van der Waals surface area (Å²) in [6, 6.07) is 13.1. The maximum absolute atomic E-state index is 10.3. The maximum Gasteiger partial charge on any atom is 0.161 e. The van der Waals surface area contributed by atoms with E-state index in [4.69, 9.17) is 21.1 Å². The Hall–Kier alpha value is -1.71. The molecule has 3 nitrogen and oxygen atoms in total. The van der Waals surface area contributed by atoms with Crippen LogP contribution >= 0.6 is 11.6 Å². The van der Waals surface area contributed by atoms with Gasteiger partial charge < -0.3 is 14.6 Å². The van der Waals surface area contributed by atoms with Crippen LogP contribution in [0.3, 0.4) is 0 Å². The van der Waals surface area contributed by atoms with E-state index in [-0.39, 0.29) is 0 Å². The lowest BCUT2D eigenvalue weighted by Crippen LogP contribution is -2.15. The van der Waals surface area contributed by atoms with E-state index >= 15 is 0 Å². The second-order valence-electron chi connectivity index (χ2n) is 4.71. The molecule has 0 bridgehead atoms. The van der Waals surface area contributed by atoms with Gasteiger partial charge in [0, 0.05) is 11.4 Å². The Morgan fingerprint density at radius 2 is 1.80 bits per heavy atom. The number of ether oxygens (including phenoxy) is 2. The minimum Gasteiger partial charge on any atom is -0.486 e. The van der Waals surface area contributed by atoms with Gasteiger partial charge in [0.25, 0.3) is 0 Å². The summed E-state index contributed by atoms with van der Waals surface area (Å²) in [7, 11) is 0. The summed E-state index contributed by atoms with van der Waals surface area (Å²) in [4.78, 5) is 0. The van der Waals surface area contributed by atoms with Gasteiger partial charge in [0.05, 0.1) is 6.10 Å². The molecule has 0 fully saturated rings. The third-order valence-electron chi connectivity index (χ3n) is 3.32. The van der Waals surface area contributed by atoms with Crippen molar-refractivity contribution in [3.8, 4) is 11.5 Å². The summed E-state index contributed by atoms with van der Waals surface area (Å²) in [5, 5.41) is 11.0. The van der Waals surface area contributed by atoms with Crippen molar-refractivity contribution >= 4 is 11.6 Å². The third kappa shape index (κ3) is 2.74. The summed E-state index contributed by atoms with van der Waals surface area (Å²) in [5.41, 5.74) is 1.73. The molecule has 1 aliphatic heterocycles.